The highest BCUT2D eigenvalue weighted by molar-refractivity contribution is 7.99. The first-order valence-electron chi connectivity index (χ1n) is 4.08. The second-order valence-electron chi connectivity index (χ2n) is 2.68. The molecule has 2 rings (SSSR count). The van der Waals surface area contributed by atoms with Crippen molar-refractivity contribution in [3.63, 3.8) is 0 Å². The van der Waals surface area contributed by atoms with Crippen LogP contribution in [0.25, 0.3) is 0 Å². The maximum atomic E-state index is 12.6. The molecule has 1 heterocycles. The Balaban J connectivity index is 2.22. The van der Waals surface area contributed by atoms with Crippen LogP contribution in [0.5, 0.6) is 0 Å². The van der Waals surface area contributed by atoms with E-state index in [-0.39, 0.29) is 5.82 Å². The van der Waals surface area contributed by atoms with Gasteiger partial charge < -0.3 is 0 Å². The van der Waals surface area contributed by atoms with Crippen molar-refractivity contribution in [1.29, 1.82) is 0 Å². The summed E-state index contributed by atoms with van der Waals surface area (Å²) in [5.74, 6) is -0.264. The Labute approximate surface area is 95.5 Å². The number of hydrogen-bond donors (Lipinski definition) is 0. The lowest BCUT2D eigenvalue weighted by Gasteiger charge is -2.01. The lowest BCUT2D eigenvalue weighted by Crippen LogP contribution is -1.84. The summed E-state index contributed by atoms with van der Waals surface area (Å²) in [6, 6.07) is 6.11. The van der Waals surface area contributed by atoms with Crippen molar-refractivity contribution >= 4 is 23.4 Å². The van der Waals surface area contributed by atoms with Crippen molar-refractivity contribution in [2.75, 3.05) is 0 Å². The molecule has 0 bridgehead atoms. The molecule has 15 heavy (non-hydrogen) atoms. The summed E-state index contributed by atoms with van der Waals surface area (Å²) in [6.45, 7) is 0. The van der Waals surface area contributed by atoms with Gasteiger partial charge in [-0.25, -0.2) is 14.4 Å². The zero-order chi connectivity index (χ0) is 10.7. The highest BCUT2D eigenvalue weighted by Gasteiger charge is 2.04. The van der Waals surface area contributed by atoms with Crippen LogP contribution in [0, 0.1) is 12.1 Å². The zero-order valence-electron chi connectivity index (χ0n) is 7.45. The van der Waals surface area contributed by atoms with Crippen LogP contribution in [0.2, 0.25) is 5.02 Å². The maximum absolute atomic E-state index is 12.6. The highest BCUT2D eigenvalue weighted by Crippen LogP contribution is 2.30. The van der Waals surface area contributed by atoms with Crippen molar-refractivity contribution < 1.29 is 4.39 Å². The van der Waals surface area contributed by atoms with Crippen LogP contribution < -0.4 is 0 Å². The first-order chi connectivity index (χ1) is 7.25. The van der Waals surface area contributed by atoms with Crippen LogP contribution in [-0.4, -0.2) is 9.97 Å². The van der Waals surface area contributed by atoms with Gasteiger partial charge in [0, 0.05) is 4.90 Å². The molecule has 0 aliphatic carbocycles. The summed E-state index contributed by atoms with van der Waals surface area (Å²) < 4.78 is 12.6. The second-order valence-corrected chi connectivity index (χ2v) is 4.15. The number of rotatable bonds is 2. The summed E-state index contributed by atoms with van der Waals surface area (Å²) in [6.07, 6.45) is 3.93. The number of hydrogen-bond acceptors (Lipinski definition) is 3. The van der Waals surface area contributed by atoms with E-state index in [2.05, 4.69) is 16.3 Å². The average molecular weight is 240 g/mol. The smallest absolute Gasteiger partial charge is 0.198 e. The van der Waals surface area contributed by atoms with Crippen LogP contribution in [0.1, 0.15) is 0 Å². The van der Waals surface area contributed by atoms with E-state index in [1.807, 2.05) is 0 Å². The number of aromatic nitrogens is 2. The Morgan fingerprint density at radius 2 is 2.00 bits per heavy atom. The van der Waals surface area contributed by atoms with E-state index in [1.54, 1.807) is 12.1 Å². The Bertz CT molecular complexity index is 461. The van der Waals surface area contributed by atoms with E-state index in [0.717, 1.165) is 4.90 Å². The van der Waals surface area contributed by atoms with E-state index in [0.29, 0.717) is 10.0 Å². The third-order valence-corrected chi connectivity index (χ3v) is 3.02. The van der Waals surface area contributed by atoms with E-state index >= 15 is 0 Å². The average Bonchev–Trinajstić information content (AvgIpc) is 2.25. The van der Waals surface area contributed by atoms with E-state index < -0.39 is 0 Å². The summed E-state index contributed by atoms with van der Waals surface area (Å²) in [5, 5.41) is 1.07. The van der Waals surface area contributed by atoms with Crippen LogP contribution in [0.4, 0.5) is 4.39 Å². The van der Waals surface area contributed by atoms with Gasteiger partial charge >= 0.3 is 0 Å². The van der Waals surface area contributed by atoms with Gasteiger partial charge in [-0.1, -0.05) is 23.4 Å². The minimum Gasteiger partial charge on any atom is -0.232 e. The molecule has 0 fully saturated rings. The summed E-state index contributed by atoms with van der Waals surface area (Å²) in [5.41, 5.74) is 0. The largest absolute Gasteiger partial charge is 0.232 e. The van der Waals surface area contributed by atoms with Crippen LogP contribution in [0.15, 0.2) is 40.4 Å². The molecule has 0 atom stereocenters. The molecular formula is C10H5ClFN2S. The van der Waals surface area contributed by atoms with E-state index in [1.165, 1.54) is 30.1 Å². The molecule has 0 saturated heterocycles. The number of halogens is 2. The predicted molar refractivity (Wildman–Crippen MR) is 56.4 cm³/mol. The molecule has 0 aliphatic heterocycles. The first kappa shape index (κ1) is 10.4. The molecule has 2 nitrogen and oxygen atoms in total. The lowest BCUT2D eigenvalue weighted by molar-refractivity contribution is 0.626. The molecule has 0 saturated carbocycles. The van der Waals surface area contributed by atoms with Crippen LogP contribution in [0.3, 0.4) is 0 Å². The normalized spacial score (nSPS) is 10.3. The maximum Gasteiger partial charge on any atom is 0.198 e. The molecule has 0 unspecified atom stereocenters. The van der Waals surface area contributed by atoms with Crippen molar-refractivity contribution in [3.8, 4) is 0 Å². The fraction of sp³-hybridized carbons (Fsp3) is 0. The molecule has 1 aromatic heterocycles. The van der Waals surface area contributed by atoms with Gasteiger partial charge in [0.15, 0.2) is 6.33 Å². The van der Waals surface area contributed by atoms with Crippen molar-refractivity contribution in [1.82, 2.24) is 9.97 Å². The van der Waals surface area contributed by atoms with Gasteiger partial charge in [-0.05, 0) is 24.3 Å². The molecule has 5 heteroatoms. The molecule has 75 valence electrons. The van der Waals surface area contributed by atoms with Gasteiger partial charge in [0.05, 0.1) is 11.2 Å². The summed E-state index contributed by atoms with van der Waals surface area (Å²) in [7, 11) is 0. The van der Waals surface area contributed by atoms with Gasteiger partial charge in [0.1, 0.15) is 10.8 Å². The van der Waals surface area contributed by atoms with Gasteiger partial charge in [0.2, 0.25) is 0 Å². The highest BCUT2D eigenvalue weighted by atomic mass is 35.5. The fourth-order valence-corrected chi connectivity index (χ4v) is 1.89. The molecule has 0 N–H and O–H groups in total. The van der Waals surface area contributed by atoms with Gasteiger partial charge in [0.25, 0.3) is 0 Å². The van der Waals surface area contributed by atoms with E-state index in [4.69, 9.17) is 11.6 Å². The molecule has 0 amide bonds. The third kappa shape index (κ3) is 2.67. The topological polar surface area (TPSA) is 25.8 Å². The molecular weight excluding hydrogens is 235 g/mol. The SMILES string of the molecule is Fc1ccc(Sc2n[c]ncc2Cl)cc1. The summed E-state index contributed by atoms with van der Waals surface area (Å²) in [4.78, 5) is 8.42. The fourth-order valence-electron chi connectivity index (χ4n) is 0.954. The van der Waals surface area contributed by atoms with Crippen molar-refractivity contribution in [2.24, 2.45) is 0 Å². The van der Waals surface area contributed by atoms with Crippen LogP contribution in [-0.2, 0) is 0 Å². The second kappa shape index (κ2) is 4.59. The van der Waals surface area contributed by atoms with Gasteiger partial charge in [-0.3, -0.25) is 0 Å². The predicted octanol–water partition coefficient (Wildman–Crippen LogP) is 3.22. The first-order valence-corrected chi connectivity index (χ1v) is 5.27. The Morgan fingerprint density at radius 3 is 2.67 bits per heavy atom. The number of benzene rings is 1. The minimum absolute atomic E-state index is 0.264. The molecule has 1 radical (unpaired) electrons. The minimum atomic E-state index is -0.264. The van der Waals surface area contributed by atoms with Crippen molar-refractivity contribution in [2.45, 2.75) is 9.92 Å². The quantitative estimate of drug-likeness (QED) is 0.753. The molecule has 1 aromatic carbocycles. The molecule has 0 aliphatic rings. The van der Waals surface area contributed by atoms with Crippen molar-refractivity contribution in [3.05, 3.63) is 47.6 Å². The third-order valence-electron chi connectivity index (χ3n) is 1.62. The standard InChI is InChI=1S/C10H5ClFN2S/c11-9-5-13-6-14-10(9)15-8-3-1-7(12)2-4-8/h1-5H. The van der Waals surface area contributed by atoms with E-state index in [9.17, 15) is 4.39 Å². The molecule has 2 aromatic rings. The Kier molecular flexibility index (Phi) is 3.18. The lowest BCUT2D eigenvalue weighted by atomic mass is 10.4. The van der Waals surface area contributed by atoms with Gasteiger partial charge in [-0.15, -0.1) is 0 Å². The molecule has 0 spiro atoms. The Hall–Kier alpha value is -1.13. The zero-order valence-corrected chi connectivity index (χ0v) is 9.02. The monoisotopic (exact) mass is 239 g/mol. The Morgan fingerprint density at radius 1 is 1.27 bits per heavy atom. The van der Waals surface area contributed by atoms with Gasteiger partial charge in [-0.2, -0.15) is 0 Å². The summed E-state index contributed by atoms with van der Waals surface area (Å²) >= 11 is 7.21. The van der Waals surface area contributed by atoms with Crippen LogP contribution >= 0.6 is 23.4 Å². The number of nitrogens with zero attached hydrogens (tertiary/aromatic N) is 2.